The second kappa shape index (κ2) is 5.45. The lowest BCUT2D eigenvalue weighted by Gasteiger charge is -2.51. The molecule has 1 aromatic rings. The molecule has 0 saturated heterocycles. The first-order valence-electron chi connectivity index (χ1n) is 7.59. The summed E-state index contributed by atoms with van der Waals surface area (Å²) in [4.78, 5) is 23.8. The summed E-state index contributed by atoms with van der Waals surface area (Å²) < 4.78 is 0. The van der Waals surface area contributed by atoms with Gasteiger partial charge in [0.05, 0.1) is 0 Å². The Morgan fingerprint density at radius 2 is 1.57 bits per heavy atom. The molecular weight excluding hydrogens is 286 g/mol. The molecule has 3 saturated carbocycles. The number of halogens is 1. The Morgan fingerprint density at radius 1 is 1.00 bits per heavy atom. The van der Waals surface area contributed by atoms with Gasteiger partial charge in [-0.1, -0.05) is 18.2 Å². The minimum absolute atomic E-state index is 0.0131. The Kier molecular flexibility index (Phi) is 3.78. The molecule has 0 radical (unpaired) electrons. The van der Waals surface area contributed by atoms with Gasteiger partial charge in [-0.3, -0.25) is 9.59 Å². The van der Waals surface area contributed by atoms with E-state index < -0.39 is 0 Å². The van der Waals surface area contributed by atoms with Gasteiger partial charge in [-0.05, 0) is 67.7 Å². The molecular formula is C17H20ClNO2. The molecule has 0 heterocycles. The second-order valence-electron chi connectivity index (χ2n) is 6.60. The van der Waals surface area contributed by atoms with Gasteiger partial charge in [0.15, 0.2) is 0 Å². The van der Waals surface area contributed by atoms with Gasteiger partial charge in [0.25, 0.3) is 5.91 Å². The van der Waals surface area contributed by atoms with Crippen molar-refractivity contribution in [2.24, 2.45) is 10.8 Å². The molecule has 0 spiro atoms. The van der Waals surface area contributed by atoms with Crippen molar-refractivity contribution in [3.05, 3.63) is 35.9 Å². The van der Waals surface area contributed by atoms with Crippen LogP contribution in [0.15, 0.2) is 30.3 Å². The largest absolute Gasteiger partial charge is 0.351 e. The molecule has 21 heavy (non-hydrogen) atoms. The van der Waals surface area contributed by atoms with E-state index in [4.69, 9.17) is 11.6 Å². The smallest absolute Gasteiger partial charge is 0.251 e. The minimum Gasteiger partial charge on any atom is -0.351 e. The Balaban J connectivity index is 1.60. The fourth-order valence-electron chi connectivity index (χ4n) is 3.78. The van der Waals surface area contributed by atoms with Gasteiger partial charge >= 0.3 is 0 Å². The lowest BCUT2D eigenvalue weighted by molar-refractivity contribution is -0.129. The van der Waals surface area contributed by atoms with Crippen molar-refractivity contribution < 1.29 is 9.59 Å². The van der Waals surface area contributed by atoms with Crippen LogP contribution < -0.4 is 5.32 Å². The summed E-state index contributed by atoms with van der Waals surface area (Å²) >= 11 is 5.78. The molecule has 0 unspecified atom stereocenters. The van der Waals surface area contributed by atoms with E-state index in [1.807, 2.05) is 30.3 Å². The molecule has 1 N–H and O–H groups in total. The van der Waals surface area contributed by atoms with Crippen LogP contribution >= 0.6 is 11.6 Å². The van der Waals surface area contributed by atoms with Crippen molar-refractivity contribution >= 4 is 22.8 Å². The van der Waals surface area contributed by atoms with Gasteiger partial charge in [-0.2, -0.15) is 0 Å². The zero-order chi connectivity index (χ0) is 14.9. The molecule has 4 heteroatoms. The van der Waals surface area contributed by atoms with E-state index >= 15 is 0 Å². The van der Waals surface area contributed by atoms with E-state index in [0.717, 1.165) is 38.5 Å². The summed E-state index contributed by atoms with van der Waals surface area (Å²) in [5.41, 5.74) is 0.594. The normalized spacial score (nSPS) is 30.9. The van der Waals surface area contributed by atoms with Gasteiger partial charge in [-0.15, -0.1) is 0 Å². The van der Waals surface area contributed by atoms with Crippen molar-refractivity contribution in [2.45, 2.75) is 38.5 Å². The monoisotopic (exact) mass is 305 g/mol. The second-order valence-corrected chi connectivity index (χ2v) is 6.95. The van der Waals surface area contributed by atoms with E-state index in [-0.39, 0.29) is 22.0 Å². The topological polar surface area (TPSA) is 46.2 Å². The first kappa shape index (κ1) is 14.6. The van der Waals surface area contributed by atoms with Gasteiger partial charge < -0.3 is 5.32 Å². The average Bonchev–Trinajstić information content (AvgIpc) is 2.55. The quantitative estimate of drug-likeness (QED) is 0.865. The van der Waals surface area contributed by atoms with Crippen LogP contribution in [0.1, 0.15) is 48.9 Å². The molecule has 3 fully saturated rings. The number of amides is 1. The van der Waals surface area contributed by atoms with Crippen molar-refractivity contribution in [2.75, 3.05) is 6.54 Å². The Hall–Kier alpha value is -1.35. The van der Waals surface area contributed by atoms with Crippen LogP contribution in [0.2, 0.25) is 0 Å². The van der Waals surface area contributed by atoms with E-state index in [0.29, 0.717) is 12.1 Å². The third-order valence-electron chi connectivity index (χ3n) is 5.48. The van der Waals surface area contributed by atoms with Gasteiger partial charge in [0.2, 0.25) is 5.24 Å². The first-order valence-corrected chi connectivity index (χ1v) is 7.96. The molecule has 1 aromatic carbocycles. The Bertz CT molecular complexity index is 531. The molecule has 112 valence electrons. The summed E-state index contributed by atoms with van der Waals surface area (Å²) in [7, 11) is 0. The highest BCUT2D eigenvalue weighted by atomic mass is 35.5. The fraction of sp³-hybridized carbons (Fsp3) is 0.529. The third-order valence-corrected chi connectivity index (χ3v) is 5.88. The predicted molar refractivity (Wildman–Crippen MR) is 82.2 cm³/mol. The van der Waals surface area contributed by atoms with Crippen LogP contribution in [-0.2, 0) is 4.79 Å². The summed E-state index contributed by atoms with van der Waals surface area (Å²) in [6, 6.07) is 9.29. The SMILES string of the molecule is O=C(NCC12CCC(C(=O)Cl)(CC1)CC2)c1ccccc1. The van der Waals surface area contributed by atoms with Crippen molar-refractivity contribution in [1.82, 2.24) is 5.32 Å². The molecule has 2 bridgehead atoms. The molecule has 3 aliphatic rings. The van der Waals surface area contributed by atoms with Crippen LogP contribution in [0.3, 0.4) is 0 Å². The van der Waals surface area contributed by atoms with E-state index in [2.05, 4.69) is 5.32 Å². The maximum Gasteiger partial charge on any atom is 0.251 e. The number of hydrogen-bond donors (Lipinski definition) is 1. The van der Waals surface area contributed by atoms with Crippen LogP contribution in [-0.4, -0.2) is 17.7 Å². The predicted octanol–water partition coefficient (Wildman–Crippen LogP) is 3.52. The molecule has 0 aliphatic heterocycles. The summed E-state index contributed by atoms with van der Waals surface area (Å²) in [6.07, 6.45) is 5.57. The highest BCUT2D eigenvalue weighted by Gasteiger charge is 2.51. The van der Waals surface area contributed by atoms with E-state index in [9.17, 15) is 9.59 Å². The summed E-state index contributed by atoms with van der Waals surface area (Å²) in [6.45, 7) is 0.702. The van der Waals surface area contributed by atoms with Gasteiger partial charge in [-0.25, -0.2) is 0 Å². The van der Waals surface area contributed by atoms with Crippen molar-refractivity contribution in [1.29, 1.82) is 0 Å². The number of benzene rings is 1. The van der Waals surface area contributed by atoms with Gasteiger partial charge in [0.1, 0.15) is 0 Å². The highest BCUT2D eigenvalue weighted by molar-refractivity contribution is 6.64. The minimum atomic E-state index is -0.271. The molecule has 4 rings (SSSR count). The Labute approximate surface area is 130 Å². The fourth-order valence-corrected chi connectivity index (χ4v) is 4.07. The standard InChI is InChI=1S/C17H20ClNO2/c18-15(21)17-9-6-16(7-10-17,8-11-17)12-19-14(20)13-4-2-1-3-5-13/h1-5H,6-12H2,(H,19,20). The number of nitrogens with one attached hydrogen (secondary N) is 1. The summed E-state index contributed by atoms with van der Waals surface area (Å²) in [5.74, 6) is -0.0131. The number of fused-ring (bicyclic) bond motifs is 3. The number of hydrogen-bond acceptors (Lipinski definition) is 2. The van der Waals surface area contributed by atoms with Crippen LogP contribution in [0.5, 0.6) is 0 Å². The zero-order valence-electron chi connectivity index (χ0n) is 12.0. The van der Waals surface area contributed by atoms with Crippen LogP contribution in [0.25, 0.3) is 0 Å². The Morgan fingerprint density at radius 3 is 2.10 bits per heavy atom. The number of carbonyl (C=O) groups is 2. The van der Waals surface area contributed by atoms with Crippen LogP contribution in [0.4, 0.5) is 0 Å². The van der Waals surface area contributed by atoms with Crippen molar-refractivity contribution in [3.63, 3.8) is 0 Å². The van der Waals surface area contributed by atoms with Gasteiger partial charge in [0, 0.05) is 17.5 Å². The molecule has 3 nitrogen and oxygen atoms in total. The molecule has 1 amide bonds. The zero-order valence-corrected chi connectivity index (χ0v) is 12.8. The van der Waals surface area contributed by atoms with Crippen LogP contribution in [0, 0.1) is 10.8 Å². The van der Waals surface area contributed by atoms with E-state index in [1.54, 1.807) is 0 Å². The number of carbonyl (C=O) groups excluding carboxylic acids is 2. The van der Waals surface area contributed by atoms with E-state index in [1.165, 1.54) is 0 Å². The summed E-state index contributed by atoms with van der Waals surface area (Å²) in [5, 5.41) is 2.91. The lowest BCUT2D eigenvalue weighted by atomic mass is 9.54. The molecule has 0 atom stereocenters. The number of rotatable bonds is 4. The molecule has 0 aromatic heterocycles. The average molecular weight is 306 g/mol. The lowest BCUT2D eigenvalue weighted by Crippen LogP contribution is -2.49. The maximum atomic E-state index is 12.1. The third kappa shape index (κ3) is 2.71. The maximum absolute atomic E-state index is 12.1. The highest BCUT2D eigenvalue weighted by Crippen LogP contribution is 2.57. The van der Waals surface area contributed by atoms with Crippen molar-refractivity contribution in [3.8, 4) is 0 Å². The molecule has 3 aliphatic carbocycles. The first-order chi connectivity index (χ1) is 10.1.